The van der Waals surface area contributed by atoms with E-state index in [-0.39, 0.29) is 0 Å². The highest BCUT2D eigenvalue weighted by atomic mass is 35.5. The zero-order chi connectivity index (χ0) is 12.8. The molecule has 0 N–H and O–H groups in total. The van der Waals surface area contributed by atoms with Crippen LogP contribution in [0.25, 0.3) is 0 Å². The lowest BCUT2D eigenvalue weighted by Gasteiger charge is -2.48. The van der Waals surface area contributed by atoms with Crippen molar-refractivity contribution in [1.29, 1.82) is 0 Å². The molecular weight excluding hydrogens is 260 g/mol. The largest absolute Gasteiger partial charge is 0.427 e. The van der Waals surface area contributed by atoms with Crippen molar-refractivity contribution in [1.82, 2.24) is 0 Å². The molecule has 0 bridgehead atoms. The van der Waals surface area contributed by atoms with Gasteiger partial charge >= 0.3 is 0 Å². The lowest BCUT2D eigenvalue weighted by Crippen LogP contribution is -2.45. The molecule has 0 spiro atoms. The molecule has 2 saturated carbocycles. The summed E-state index contributed by atoms with van der Waals surface area (Å²) in [5, 5.41) is 0. The minimum Gasteiger partial charge on any atom is -0.427 e. The number of hydrogen-bond donors (Lipinski definition) is 0. The maximum atomic E-state index is 6.51. The van der Waals surface area contributed by atoms with Crippen molar-refractivity contribution in [3.05, 3.63) is 0 Å². The van der Waals surface area contributed by atoms with Crippen molar-refractivity contribution < 1.29 is 4.43 Å². The normalized spacial score (nSPS) is 24.5. The van der Waals surface area contributed by atoms with Gasteiger partial charge in [-0.3, -0.25) is 0 Å². The Hall–Kier alpha value is 0.467. The Bertz CT molecular complexity index is 217. The van der Waals surface area contributed by atoms with Crippen molar-refractivity contribution in [2.45, 2.75) is 64.2 Å². The van der Waals surface area contributed by atoms with E-state index in [0.29, 0.717) is 5.41 Å². The molecule has 0 unspecified atom stereocenters. The summed E-state index contributed by atoms with van der Waals surface area (Å²) in [4.78, 5) is 0. The first-order valence-electron chi connectivity index (χ1n) is 7.88. The van der Waals surface area contributed by atoms with Gasteiger partial charge < -0.3 is 4.43 Å². The second-order valence-corrected chi connectivity index (χ2v) is 7.31. The highest BCUT2D eigenvalue weighted by Gasteiger charge is 2.44. The lowest BCUT2D eigenvalue weighted by atomic mass is 9.60. The maximum absolute atomic E-state index is 6.51. The number of rotatable bonds is 5. The molecule has 0 saturated heterocycles. The third kappa shape index (κ3) is 3.13. The van der Waals surface area contributed by atoms with Crippen LogP contribution in [0.4, 0.5) is 0 Å². The fourth-order valence-electron chi connectivity index (χ4n) is 4.45. The van der Waals surface area contributed by atoms with Crippen LogP contribution >= 0.6 is 11.6 Å². The van der Waals surface area contributed by atoms with Gasteiger partial charge in [-0.05, 0) is 37.5 Å². The van der Waals surface area contributed by atoms with Gasteiger partial charge in [-0.1, -0.05) is 38.5 Å². The van der Waals surface area contributed by atoms with E-state index in [9.17, 15) is 0 Å². The molecule has 0 atom stereocenters. The highest BCUT2D eigenvalue weighted by molar-refractivity contribution is 6.18. The van der Waals surface area contributed by atoms with Crippen LogP contribution in [0.2, 0.25) is 0 Å². The summed E-state index contributed by atoms with van der Waals surface area (Å²) in [6, 6.07) is 0. The summed E-state index contributed by atoms with van der Waals surface area (Å²) in [5.41, 5.74) is 0.310. The number of alkyl halides is 1. The van der Waals surface area contributed by atoms with Crippen LogP contribution in [0.15, 0.2) is 0 Å². The summed E-state index contributed by atoms with van der Waals surface area (Å²) in [6.45, 7) is 0.943. The monoisotopic (exact) mass is 288 g/mol. The molecule has 0 aromatic carbocycles. The molecule has 3 heteroatoms. The Labute approximate surface area is 121 Å². The maximum Gasteiger partial charge on any atom is 0.145 e. The van der Waals surface area contributed by atoms with E-state index in [1.807, 2.05) is 0 Å². The van der Waals surface area contributed by atoms with Crippen LogP contribution in [-0.4, -0.2) is 23.0 Å². The van der Waals surface area contributed by atoms with Gasteiger partial charge in [0.05, 0.1) is 0 Å². The molecule has 0 aromatic heterocycles. The smallest absolute Gasteiger partial charge is 0.145 e. The van der Waals surface area contributed by atoms with E-state index in [0.717, 1.165) is 34.8 Å². The van der Waals surface area contributed by atoms with Crippen molar-refractivity contribution >= 4 is 22.1 Å². The Morgan fingerprint density at radius 2 is 1.33 bits per heavy atom. The summed E-state index contributed by atoms with van der Waals surface area (Å²) in [5.74, 6) is 2.49. The van der Waals surface area contributed by atoms with E-state index in [2.05, 4.69) is 0 Å². The van der Waals surface area contributed by atoms with E-state index >= 15 is 0 Å². The summed E-state index contributed by atoms with van der Waals surface area (Å²) in [7, 11) is 0.857. The SMILES string of the molecule is [SiH3]OCC(CCl)(C1CCCCC1)C1CCCCC1. The van der Waals surface area contributed by atoms with Crippen LogP contribution < -0.4 is 0 Å². The molecular formula is C15H29ClOSi. The molecule has 0 heterocycles. The standard InChI is InChI=1S/C15H29ClOSi/c16-11-15(12-17-18,13-7-3-1-4-8-13)14-9-5-2-6-10-14/h13-14H,1-12H2,18H3. The molecule has 0 aromatic rings. The fraction of sp³-hybridized carbons (Fsp3) is 1.00. The van der Waals surface area contributed by atoms with Crippen LogP contribution in [0.1, 0.15) is 64.2 Å². The minimum atomic E-state index is 0.310. The van der Waals surface area contributed by atoms with E-state index in [1.165, 1.54) is 64.2 Å². The zero-order valence-electron chi connectivity index (χ0n) is 11.9. The minimum absolute atomic E-state index is 0.310. The second kappa shape index (κ2) is 7.30. The summed E-state index contributed by atoms with van der Waals surface area (Å²) >= 11 is 6.51. The first kappa shape index (κ1) is 14.9. The second-order valence-electron chi connectivity index (χ2n) is 6.47. The Kier molecular flexibility index (Phi) is 6.03. The van der Waals surface area contributed by atoms with Crippen LogP contribution in [0.3, 0.4) is 0 Å². The third-order valence-corrected chi connectivity index (χ3v) is 6.28. The molecule has 1 nitrogen and oxygen atoms in total. The van der Waals surface area contributed by atoms with E-state index < -0.39 is 0 Å². The Morgan fingerprint density at radius 1 is 0.889 bits per heavy atom. The predicted octanol–water partition coefficient (Wildman–Crippen LogP) is 3.67. The van der Waals surface area contributed by atoms with Gasteiger partial charge in [-0.15, -0.1) is 11.6 Å². The average Bonchev–Trinajstić information content (AvgIpc) is 2.47. The summed E-state index contributed by atoms with van der Waals surface area (Å²) < 4.78 is 5.76. The molecule has 0 aliphatic heterocycles. The van der Waals surface area contributed by atoms with Crippen molar-refractivity contribution in [3.63, 3.8) is 0 Å². The molecule has 0 radical (unpaired) electrons. The lowest BCUT2D eigenvalue weighted by molar-refractivity contribution is 0.00189. The van der Waals surface area contributed by atoms with Crippen molar-refractivity contribution in [2.24, 2.45) is 17.3 Å². The van der Waals surface area contributed by atoms with Crippen LogP contribution in [-0.2, 0) is 4.43 Å². The molecule has 2 fully saturated rings. The van der Waals surface area contributed by atoms with Gasteiger partial charge in [0.2, 0.25) is 0 Å². The Morgan fingerprint density at radius 3 is 1.67 bits per heavy atom. The third-order valence-electron chi connectivity index (χ3n) is 5.50. The van der Waals surface area contributed by atoms with Crippen LogP contribution in [0.5, 0.6) is 0 Å². The fourth-order valence-corrected chi connectivity index (χ4v) is 5.50. The van der Waals surface area contributed by atoms with Gasteiger partial charge in [0.25, 0.3) is 0 Å². The first-order valence-corrected chi connectivity index (χ1v) is 9.23. The molecule has 2 aliphatic rings. The molecule has 2 rings (SSSR count). The number of halogens is 1. The van der Waals surface area contributed by atoms with Gasteiger partial charge in [0.15, 0.2) is 0 Å². The predicted molar refractivity (Wildman–Crippen MR) is 82.2 cm³/mol. The quantitative estimate of drug-likeness (QED) is 0.554. The van der Waals surface area contributed by atoms with Crippen LogP contribution in [0, 0.1) is 17.3 Å². The zero-order valence-corrected chi connectivity index (χ0v) is 14.7. The van der Waals surface area contributed by atoms with Crippen molar-refractivity contribution in [3.8, 4) is 0 Å². The summed E-state index contributed by atoms with van der Waals surface area (Å²) in [6.07, 6.45) is 14.1. The van der Waals surface area contributed by atoms with Gasteiger partial charge in [-0.2, -0.15) is 0 Å². The molecule has 0 amide bonds. The van der Waals surface area contributed by atoms with Gasteiger partial charge in [0.1, 0.15) is 10.5 Å². The topological polar surface area (TPSA) is 9.23 Å². The van der Waals surface area contributed by atoms with Gasteiger partial charge in [-0.25, -0.2) is 0 Å². The molecule has 106 valence electrons. The van der Waals surface area contributed by atoms with Crippen molar-refractivity contribution in [2.75, 3.05) is 12.5 Å². The highest BCUT2D eigenvalue weighted by Crippen LogP contribution is 2.49. The average molecular weight is 289 g/mol. The van der Waals surface area contributed by atoms with E-state index in [1.54, 1.807) is 0 Å². The van der Waals surface area contributed by atoms with E-state index in [4.69, 9.17) is 16.0 Å². The Balaban J connectivity index is 2.13. The molecule has 18 heavy (non-hydrogen) atoms. The first-order chi connectivity index (χ1) is 8.83. The van der Waals surface area contributed by atoms with Gasteiger partial charge in [0, 0.05) is 17.9 Å². The molecule has 2 aliphatic carbocycles. The number of hydrogen-bond acceptors (Lipinski definition) is 1.